The predicted molar refractivity (Wildman–Crippen MR) is 73.1 cm³/mol. The fourth-order valence-electron chi connectivity index (χ4n) is 2.23. The van der Waals surface area contributed by atoms with Gasteiger partial charge >= 0.3 is 12.0 Å². The van der Waals surface area contributed by atoms with Gasteiger partial charge in [0.1, 0.15) is 6.04 Å². The molecule has 1 unspecified atom stereocenters. The maximum absolute atomic E-state index is 12.3. The first-order chi connectivity index (χ1) is 9.51. The number of carboxylic acids is 1. The van der Waals surface area contributed by atoms with Crippen molar-refractivity contribution in [3.8, 4) is 6.07 Å². The molecule has 2 amide bonds. The molecule has 7 heteroatoms. The molecule has 1 saturated heterocycles. The van der Waals surface area contributed by atoms with Crippen molar-refractivity contribution in [1.29, 1.82) is 5.26 Å². The Kier molecular flexibility index (Phi) is 6.25. The highest BCUT2D eigenvalue weighted by Crippen LogP contribution is 2.09. The molecule has 0 aliphatic carbocycles. The number of aliphatic carboxylic acids is 1. The minimum absolute atomic E-state index is 0.0645. The van der Waals surface area contributed by atoms with Gasteiger partial charge in [-0.15, -0.1) is 0 Å². The summed E-state index contributed by atoms with van der Waals surface area (Å²) in [6.07, 6.45) is 0.329. The number of urea groups is 1. The van der Waals surface area contributed by atoms with Gasteiger partial charge in [0.15, 0.2) is 0 Å². The molecule has 0 aromatic heterocycles. The van der Waals surface area contributed by atoms with Crippen LogP contribution in [0, 0.1) is 11.3 Å². The van der Waals surface area contributed by atoms with Crippen molar-refractivity contribution in [1.82, 2.24) is 14.7 Å². The van der Waals surface area contributed by atoms with Crippen molar-refractivity contribution in [2.75, 3.05) is 39.3 Å². The van der Waals surface area contributed by atoms with E-state index in [9.17, 15) is 9.59 Å². The number of rotatable bonds is 5. The Morgan fingerprint density at radius 3 is 2.40 bits per heavy atom. The Balaban J connectivity index is 2.49. The molecule has 1 heterocycles. The summed E-state index contributed by atoms with van der Waals surface area (Å²) in [5.41, 5.74) is 0. The summed E-state index contributed by atoms with van der Waals surface area (Å²) in [5, 5.41) is 17.6. The summed E-state index contributed by atoms with van der Waals surface area (Å²) in [4.78, 5) is 28.4. The first-order valence-electron chi connectivity index (χ1n) is 6.88. The van der Waals surface area contributed by atoms with Gasteiger partial charge in [-0.3, -0.25) is 9.69 Å². The summed E-state index contributed by atoms with van der Waals surface area (Å²) in [6, 6.07) is 1.45. The minimum atomic E-state index is -0.839. The minimum Gasteiger partial charge on any atom is -0.480 e. The van der Waals surface area contributed by atoms with E-state index >= 15 is 0 Å². The van der Waals surface area contributed by atoms with Gasteiger partial charge in [0.05, 0.1) is 12.5 Å². The summed E-state index contributed by atoms with van der Waals surface area (Å²) in [5.74, 6) is -0.839. The van der Waals surface area contributed by atoms with Gasteiger partial charge in [-0.2, -0.15) is 5.26 Å². The highest BCUT2D eigenvalue weighted by atomic mass is 16.4. The predicted octanol–water partition coefficient (Wildman–Crippen LogP) is 0.433. The number of carboxylic acid groups (broad SMARTS) is 1. The smallest absolute Gasteiger partial charge is 0.320 e. The third-order valence-electron chi connectivity index (χ3n) is 3.64. The topological polar surface area (TPSA) is 87.9 Å². The molecule has 0 bridgehead atoms. The lowest BCUT2D eigenvalue weighted by atomic mass is 10.2. The number of carbonyl (C=O) groups excluding carboxylic acids is 1. The Labute approximate surface area is 119 Å². The molecular formula is C13H22N4O3. The van der Waals surface area contributed by atoms with Crippen LogP contribution in [-0.4, -0.2) is 77.1 Å². The molecule has 7 nitrogen and oxygen atoms in total. The Hall–Kier alpha value is -1.81. The lowest BCUT2D eigenvalue weighted by molar-refractivity contribution is -0.143. The van der Waals surface area contributed by atoms with E-state index in [1.165, 1.54) is 0 Å². The molecule has 0 aromatic carbocycles. The second kappa shape index (κ2) is 7.70. The quantitative estimate of drug-likeness (QED) is 0.790. The summed E-state index contributed by atoms with van der Waals surface area (Å²) < 4.78 is 0. The van der Waals surface area contributed by atoms with E-state index in [0.29, 0.717) is 45.7 Å². The molecule has 1 atom stereocenters. The summed E-state index contributed by atoms with van der Waals surface area (Å²) >= 11 is 0. The monoisotopic (exact) mass is 282 g/mol. The number of carbonyl (C=O) groups is 2. The zero-order valence-corrected chi connectivity index (χ0v) is 12.1. The van der Waals surface area contributed by atoms with Crippen LogP contribution in [0.25, 0.3) is 0 Å². The number of piperazine rings is 1. The molecule has 1 fully saturated rings. The van der Waals surface area contributed by atoms with Crippen molar-refractivity contribution in [2.24, 2.45) is 0 Å². The molecule has 0 spiro atoms. The number of nitriles is 1. The van der Waals surface area contributed by atoms with Crippen LogP contribution in [0.4, 0.5) is 4.79 Å². The Morgan fingerprint density at radius 2 is 1.95 bits per heavy atom. The van der Waals surface area contributed by atoms with E-state index in [1.807, 2.05) is 17.9 Å². The van der Waals surface area contributed by atoms with Gasteiger partial charge in [-0.1, -0.05) is 0 Å². The van der Waals surface area contributed by atoms with Crippen LogP contribution in [0.5, 0.6) is 0 Å². The zero-order valence-electron chi connectivity index (χ0n) is 12.1. The summed E-state index contributed by atoms with van der Waals surface area (Å²) in [6.45, 7) is 6.75. The van der Waals surface area contributed by atoms with E-state index in [-0.39, 0.29) is 6.03 Å². The third-order valence-corrected chi connectivity index (χ3v) is 3.64. The molecular weight excluding hydrogens is 260 g/mol. The van der Waals surface area contributed by atoms with Crippen molar-refractivity contribution in [2.45, 2.75) is 26.3 Å². The fourth-order valence-corrected chi connectivity index (χ4v) is 2.23. The van der Waals surface area contributed by atoms with Gasteiger partial charge < -0.3 is 14.9 Å². The fraction of sp³-hybridized carbons (Fsp3) is 0.769. The zero-order chi connectivity index (χ0) is 15.1. The standard InChI is InChI=1S/C13H22N4O3/c1-3-15(6-4-5-14)13(20)17-9-7-16(8-10-17)11(2)12(18)19/h11H,3-4,6-10H2,1-2H3,(H,18,19). The van der Waals surface area contributed by atoms with Crippen LogP contribution in [0.1, 0.15) is 20.3 Å². The first kappa shape index (κ1) is 16.2. The average molecular weight is 282 g/mol. The normalized spacial score (nSPS) is 17.4. The maximum Gasteiger partial charge on any atom is 0.320 e. The van der Waals surface area contributed by atoms with Crippen LogP contribution in [0.2, 0.25) is 0 Å². The molecule has 0 saturated carbocycles. The van der Waals surface area contributed by atoms with E-state index in [4.69, 9.17) is 10.4 Å². The maximum atomic E-state index is 12.3. The number of hydrogen-bond donors (Lipinski definition) is 1. The molecule has 0 radical (unpaired) electrons. The van der Waals surface area contributed by atoms with E-state index in [1.54, 1.807) is 16.7 Å². The molecule has 1 N–H and O–H groups in total. The molecule has 1 rings (SSSR count). The van der Waals surface area contributed by atoms with Crippen LogP contribution in [0.3, 0.4) is 0 Å². The van der Waals surface area contributed by atoms with Crippen molar-refractivity contribution >= 4 is 12.0 Å². The van der Waals surface area contributed by atoms with Crippen molar-refractivity contribution in [3.63, 3.8) is 0 Å². The molecule has 1 aliphatic rings. The average Bonchev–Trinajstić information content (AvgIpc) is 2.47. The highest BCUT2D eigenvalue weighted by molar-refractivity contribution is 5.75. The SMILES string of the molecule is CCN(CCC#N)C(=O)N1CCN(C(C)C(=O)O)CC1. The lowest BCUT2D eigenvalue weighted by Gasteiger charge is -2.38. The lowest BCUT2D eigenvalue weighted by Crippen LogP contribution is -2.55. The van der Waals surface area contributed by atoms with Crippen LogP contribution >= 0.6 is 0 Å². The molecule has 112 valence electrons. The van der Waals surface area contributed by atoms with Gasteiger partial charge in [-0.05, 0) is 13.8 Å². The van der Waals surface area contributed by atoms with Gasteiger partial charge in [0, 0.05) is 39.3 Å². The van der Waals surface area contributed by atoms with E-state index < -0.39 is 12.0 Å². The number of hydrogen-bond acceptors (Lipinski definition) is 4. The largest absolute Gasteiger partial charge is 0.480 e. The highest BCUT2D eigenvalue weighted by Gasteiger charge is 2.28. The van der Waals surface area contributed by atoms with Crippen LogP contribution in [0.15, 0.2) is 0 Å². The van der Waals surface area contributed by atoms with E-state index in [2.05, 4.69) is 0 Å². The van der Waals surface area contributed by atoms with Gasteiger partial charge in [0.25, 0.3) is 0 Å². The van der Waals surface area contributed by atoms with Crippen LogP contribution < -0.4 is 0 Å². The molecule has 1 aliphatic heterocycles. The van der Waals surface area contributed by atoms with Crippen molar-refractivity contribution in [3.05, 3.63) is 0 Å². The molecule has 0 aromatic rings. The van der Waals surface area contributed by atoms with Gasteiger partial charge in [-0.25, -0.2) is 4.79 Å². The van der Waals surface area contributed by atoms with Crippen molar-refractivity contribution < 1.29 is 14.7 Å². The molecule has 20 heavy (non-hydrogen) atoms. The third kappa shape index (κ3) is 4.10. The summed E-state index contributed by atoms with van der Waals surface area (Å²) in [7, 11) is 0. The number of nitrogens with zero attached hydrogens (tertiary/aromatic N) is 4. The van der Waals surface area contributed by atoms with Gasteiger partial charge in [0.2, 0.25) is 0 Å². The second-order valence-corrected chi connectivity index (χ2v) is 4.81. The van der Waals surface area contributed by atoms with E-state index in [0.717, 1.165) is 0 Å². The Bertz CT molecular complexity index is 386. The van der Waals surface area contributed by atoms with Crippen LogP contribution in [-0.2, 0) is 4.79 Å². The second-order valence-electron chi connectivity index (χ2n) is 4.81. The Morgan fingerprint density at radius 1 is 1.35 bits per heavy atom. The number of amides is 2. The first-order valence-corrected chi connectivity index (χ1v) is 6.88.